The molecule has 0 aliphatic rings. The lowest BCUT2D eigenvalue weighted by Gasteiger charge is -2.29. The van der Waals surface area contributed by atoms with Crippen molar-refractivity contribution in [3.8, 4) is 0 Å². The molecule has 3 rings (SSSR count). The number of aromatic nitrogens is 1. The van der Waals surface area contributed by atoms with Crippen molar-refractivity contribution in [3.05, 3.63) is 70.4 Å². The molecule has 1 atom stereocenters. The normalized spacial score (nSPS) is 11.8. The summed E-state index contributed by atoms with van der Waals surface area (Å²) >= 11 is 6.00. The molecule has 15 heteroatoms. The van der Waals surface area contributed by atoms with E-state index in [2.05, 4.69) is 26.3 Å². The number of fused-ring (bicyclic) bond motifs is 1. The summed E-state index contributed by atoms with van der Waals surface area (Å²) in [5.74, 6) is -1.91. The van der Waals surface area contributed by atoms with Crippen LogP contribution < -0.4 is 21.3 Å². The lowest BCUT2D eigenvalue weighted by atomic mass is 9.98. The molecule has 0 spiro atoms. The van der Waals surface area contributed by atoms with Crippen LogP contribution in [0.15, 0.2) is 42.6 Å². The third-order valence-corrected chi connectivity index (χ3v) is 6.71. The number of anilines is 1. The van der Waals surface area contributed by atoms with Crippen LogP contribution in [0, 0.1) is 11.6 Å². The Kier molecular flexibility index (Phi) is 11.2. The fraction of sp³-hybridized carbons (Fsp3) is 0.345. The van der Waals surface area contributed by atoms with Crippen molar-refractivity contribution in [3.63, 3.8) is 0 Å². The van der Waals surface area contributed by atoms with E-state index in [1.54, 1.807) is 26.8 Å². The van der Waals surface area contributed by atoms with Crippen molar-refractivity contribution in [2.24, 2.45) is 0 Å². The molecule has 12 nitrogen and oxygen atoms in total. The molecule has 1 heterocycles. The van der Waals surface area contributed by atoms with E-state index in [-0.39, 0.29) is 35.9 Å². The van der Waals surface area contributed by atoms with Crippen LogP contribution >= 0.6 is 11.6 Å². The van der Waals surface area contributed by atoms with Gasteiger partial charge in [-0.2, -0.15) is 0 Å². The molecule has 44 heavy (non-hydrogen) atoms. The van der Waals surface area contributed by atoms with Crippen molar-refractivity contribution < 1.29 is 37.8 Å². The van der Waals surface area contributed by atoms with E-state index in [0.717, 1.165) is 0 Å². The summed E-state index contributed by atoms with van der Waals surface area (Å²) in [6, 6.07) is 6.75. The van der Waals surface area contributed by atoms with Crippen LogP contribution in [0.2, 0.25) is 5.02 Å². The Bertz CT molecular complexity index is 1550. The number of amides is 5. The van der Waals surface area contributed by atoms with Gasteiger partial charge in [-0.25, -0.2) is 28.1 Å². The number of rotatable bonds is 10. The number of nitrogens with zero attached hydrogens (tertiary/aromatic N) is 2. The minimum atomic E-state index is -1.36. The van der Waals surface area contributed by atoms with Crippen molar-refractivity contribution in [2.45, 2.75) is 45.4 Å². The highest BCUT2D eigenvalue weighted by Crippen LogP contribution is 2.26. The number of carbonyl (C=O) groups is 4. The largest absolute Gasteiger partial charge is 0.465 e. The van der Waals surface area contributed by atoms with E-state index in [1.807, 2.05) is 0 Å². The number of ether oxygens (including phenoxy) is 1. The van der Waals surface area contributed by atoms with Crippen molar-refractivity contribution >= 4 is 52.3 Å². The molecule has 0 fully saturated rings. The molecule has 5 N–H and O–H groups in total. The van der Waals surface area contributed by atoms with E-state index in [1.165, 1.54) is 48.5 Å². The summed E-state index contributed by atoms with van der Waals surface area (Å²) < 4.78 is 34.2. The van der Waals surface area contributed by atoms with Crippen LogP contribution in [0.4, 0.5) is 29.0 Å². The molecule has 0 aliphatic carbocycles. The van der Waals surface area contributed by atoms with Gasteiger partial charge in [0.25, 0.3) is 0 Å². The summed E-state index contributed by atoms with van der Waals surface area (Å²) in [6.45, 7) is 4.31. The minimum Gasteiger partial charge on any atom is -0.465 e. The summed E-state index contributed by atoms with van der Waals surface area (Å²) in [5, 5.41) is 19.5. The Morgan fingerprint density at radius 3 is 2.48 bits per heavy atom. The Morgan fingerprint density at radius 1 is 1.07 bits per heavy atom. The zero-order valence-corrected chi connectivity index (χ0v) is 25.2. The van der Waals surface area contributed by atoms with Crippen LogP contribution in [0.3, 0.4) is 0 Å². The molecule has 5 amide bonds. The first-order chi connectivity index (χ1) is 20.6. The second-order valence-electron chi connectivity index (χ2n) is 10.7. The standard InChI is InChI=1S/C29H33ClF2N6O6/c1-29(2,3)44-28(43)36-15-24(39)34-14-18(38(4)26(40)35-13-17-6-5-7-22(32)25(17)30)10-20-19-11-23(37-27(41)42)33-12-16(19)8-9-21(20)31/h5-9,11-12,18H,10,13-15H2,1-4H3,(H,33,37)(H,34,39)(H,35,40)(H,36,43)(H,41,42). The molecule has 3 aromatic rings. The van der Waals surface area contributed by atoms with Crippen molar-refractivity contribution in [2.75, 3.05) is 25.5 Å². The number of carboxylic acid groups (broad SMARTS) is 1. The first kappa shape index (κ1) is 33.8. The second kappa shape index (κ2) is 14.6. The zero-order chi connectivity index (χ0) is 32.6. The summed E-state index contributed by atoms with van der Waals surface area (Å²) in [5.41, 5.74) is -0.301. The average molecular weight is 635 g/mol. The molecular weight excluding hydrogens is 602 g/mol. The molecule has 0 saturated carbocycles. The number of urea groups is 1. The average Bonchev–Trinajstić information content (AvgIpc) is 2.94. The number of hydrogen-bond donors (Lipinski definition) is 5. The van der Waals surface area contributed by atoms with Gasteiger partial charge in [-0.15, -0.1) is 0 Å². The number of alkyl carbamates (subject to hydrolysis) is 1. The molecule has 236 valence electrons. The van der Waals surface area contributed by atoms with Crippen molar-refractivity contribution in [1.29, 1.82) is 0 Å². The lowest BCUT2D eigenvalue weighted by molar-refractivity contribution is -0.120. The molecule has 1 aromatic heterocycles. The summed E-state index contributed by atoms with van der Waals surface area (Å²) in [4.78, 5) is 54.1. The van der Waals surface area contributed by atoms with Gasteiger partial charge in [0.2, 0.25) is 5.91 Å². The second-order valence-corrected chi connectivity index (χ2v) is 11.1. The third-order valence-electron chi connectivity index (χ3n) is 6.29. The molecule has 1 unspecified atom stereocenters. The number of hydrogen-bond acceptors (Lipinski definition) is 6. The van der Waals surface area contributed by atoms with Crippen molar-refractivity contribution in [1.82, 2.24) is 25.8 Å². The number of halogens is 3. The Labute approximate surface area is 257 Å². The van der Waals surface area contributed by atoms with Crippen LogP contribution in [0.5, 0.6) is 0 Å². The molecular formula is C29H33ClF2N6O6. The van der Waals surface area contributed by atoms with E-state index in [9.17, 15) is 23.6 Å². The van der Waals surface area contributed by atoms with E-state index in [4.69, 9.17) is 21.4 Å². The van der Waals surface area contributed by atoms with Gasteiger partial charge in [0.05, 0.1) is 17.6 Å². The quantitative estimate of drug-likeness (QED) is 0.217. The van der Waals surface area contributed by atoms with Gasteiger partial charge in [-0.3, -0.25) is 10.1 Å². The number of pyridine rings is 1. The number of likely N-dealkylation sites (N-methyl/N-ethyl adjacent to an activating group) is 1. The molecule has 0 bridgehead atoms. The van der Waals surface area contributed by atoms with E-state index in [0.29, 0.717) is 16.3 Å². The van der Waals surface area contributed by atoms with Gasteiger partial charge in [0, 0.05) is 31.7 Å². The van der Waals surface area contributed by atoms with Crippen LogP contribution in [0.1, 0.15) is 31.9 Å². The fourth-order valence-electron chi connectivity index (χ4n) is 4.13. The SMILES string of the molecule is CN(C(=O)NCc1cccc(F)c1Cl)C(CNC(=O)CNC(=O)OC(C)(C)C)Cc1c(F)ccc2cnc(NC(=O)O)cc12. The first-order valence-corrected chi connectivity index (χ1v) is 13.8. The highest BCUT2D eigenvalue weighted by molar-refractivity contribution is 6.31. The van der Waals surface area contributed by atoms with Gasteiger partial charge in [-0.1, -0.05) is 23.7 Å². The molecule has 0 saturated heterocycles. The topological polar surface area (TPSA) is 162 Å². The smallest absolute Gasteiger partial charge is 0.410 e. The van der Waals surface area contributed by atoms with Gasteiger partial charge in [-0.05, 0) is 68.0 Å². The molecule has 2 aromatic carbocycles. The molecule has 0 radical (unpaired) electrons. The van der Waals surface area contributed by atoms with Gasteiger partial charge in [0.1, 0.15) is 23.1 Å². The number of benzene rings is 2. The maximum absolute atomic E-state index is 15.3. The van der Waals surface area contributed by atoms with Crippen LogP contribution in [-0.4, -0.2) is 70.9 Å². The summed E-state index contributed by atoms with van der Waals surface area (Å²) in [6.07, 6.45) is -0.898. The van der Waals surface area contributed by atoms with Gasteiger partial charge < -0.3 is 30.7 Å². The highest BCUT2D eigenvalue weighted by atomic mass is 35.5. The Morgan fingerprint density at radius 2 is 1.80 bits per heavy atom. The maximum Gasteiger partial charge on any atom is 0.410 e. The predicted octanol–water partition coefficient (Wildman–Crippen LogP) is 4.65. The first-order valence-electron chi connectivity index (χ1n) is 13.4. The van der Waals surface area contributed by atoms with Gasteiger partial charge >= 0.3 is 18.2 Å². The summed E-state index contributed by atoms with van der Waals surface area (Å²) in [7, 11) is 1.43. The zero-order valence-electron chi connectivity index (χ0n) is 24.5. The van der Waals surface area contributed by atoms with Crippen LogP contribution in [-0.2, 0) is 22.5 Å². The highest BCUT2D eigenvalue weighted by Gasteiger charge is 2.25. The minimum absolute atomic E-state index is 0.0343. The van der Waals surface area contributed by atoms with Crippen LogP contribution in [0.25, 0.3) is 10.8 Å². The Hall–Kier alpha value is -4.72. The Balaban J connectivity index is 1.83. The fourth-order valence-corrected chi connectivity index (χ4v) is 4.32. The monoisotopic (exact) mass is 634 g/mol. The maximum atomic E-state index is 15.3. The van der Waals surface area contributed by atoms with Gasteiger partial charge in [0.15, 0.2) is 0 Å². The third kappa shape index (κ3) is 9.66. The number of nitrogens with one attached hydrogen (secondary N) is 4. The predicted molar refractivity (Wildman–Crippen MR) is 159 cm³/mol. The van der Waals surface area contributed by atoms with E-state index < -0.39 is 53.9 Å². The lowest BCUT2D eigenvalue weighted by Crippen LogP contribution is -2.50. The molecule has 0 aliphatic heterocycles. The number of carbonyl (C=O) groups excluding carboxylic acids is 3. The van der Waals surface area contributed by atoms with E-state index >= 15 is 4.39 Å².